The van der Waals surface area contributed by atoms with Crippen molar-refractivity contribution in [2.24, 2.45) is 5.92 Å². The van der Waals surface area contributed by atoms with Crippen LogP contribution >= 0.6 is 0 Å². The molecule has 1 heterocycles. The van der Waals surface area contributed by atoms with E-state index in [1.165, 1.54) is 13.8 Å². The van der Waals surface area contributed by atoms with Gasteiger partial charge in [-0.1, -0.05) is 12.5 Å². The third-order valence-electron chi connectivity index (χ3n) is 5.51. The number of hydrogen-bond acceptors (Lipinski definition) is 6. The van der Waals surface area contributed by atoms with Gasteiger partial charge in [-0.05, 0) is 64.0 Å². The molecule has 0 aromatic heterocycles. The fourth-order valence-electron chi connectivity index (χ4n) is 3.73. The summed E-state index contributed by atoms with van der Waals surface area (Å²) in [5, 5.41) is 0. The number of carbonyl (C=O) groups is 3. The zero-order valence-electron chi connectivity index (χ0n) is 19.3. The van der Waals surface area contributed by atoms with Crippen LogP contribution in [0.1, 0.15) is 79.6 Å². The summed E-state index contributed by atoms with van der Waals surface area (Å²) in [4.78, 5) is 35.2. The van der Waals surface area contributed by atoms with Crippen molar-refractivity contribution in [3.63, 3.8) is 0 Å². The summed E-state index contributed by atoms with van der Waals surface area (Å²) in [5.74, 6) is -0.499. The lowest BCUT2D eigenvalue weighted by atomic mass is 9.85. The molecule has 0 bridgehead atoms. The summed E-state index contributed by atoms with van der Waals surface area (Å²) in [5.41, 5.74) is 1.24. The Balaban J connectivity index is 2.83. The smallest absolute Gasteiger partial charge is 0.303 e. The van der Waals surface area contributed by atoms with Crippen molar-refractivity contribution in [1.82, 2.24) is 0 Å². The predicted octanol–water partition coefficient (Wildman–Crippen LogP) is 4.71. The van der Waals surface area contributed by atoms with Gasteiger partial charge < -0.3 is 14.2 Å². The molecular weight excluding hydrogens is 384 g/mol. The lowest BCUT2D eigenvalue weighted by Crippen LogP contribution is -2.45. The summed E-state index contributed by atoms with van der Waals surface area (Å²) in [7, 11) is 0. The zero-order valence-corrected chi connectivity index (χ0v) is 19.3. The highest BCUT2D eigenvalue weighted by Gasteiger charge is 2.41. The van der Waals surface area contributed by atoms with Gasteiger partial charge in [0, 0.05) is 32.8 Å². The normalized spacial score (nSPS) is 24.0. The summed E-state index contributed by atoms with van der Waals surface area (Å²) in [6, 6.07) is 0. The van der Waals surface area contributed by atoms with Gasteiger partial charge in [0.1, 0.15) is 18.0 Å². The molecule has 0 amide bonds. The fourth-order valence-corrected chi connectivity index (χ4v) is 3.73. The second-order valence-electron chi connectivity index (χ2n) is 8.55. The Morgan fingerprint density at radius 2 is 1.93 bits per heavy atom. The number of ketones is 1. The van der Waals surface area contributed by atoms with Crippen molar-refractivity contribution in [2.75, 3.05) is 13.2 Å². The number of hydrogen-bond donors (Lipinski definition) is 0. The summed E-state index contributed by atoms with van der Waals surface area (Å²) >= 11 is 0. The average molecular weight is 423 g/mol. The van der Waals surface area contributed by atoms with E-state index < -0.39 is 11.7 Å². The first kappa shape index (κ1) is 26.1. The monoisotopic (exact) mass is 422 g/mol. The Hall–Kier alpha value is -1.95. The maximum atomic E-state index is 12.3. The van der Waals surface area contributed by atoms with Gasteiger partial charge in [0.25, 0.3) is 0 Å². The summed E-state index contributed by atoms with van der Waals surface area (Å²) < 4.78 is 16.9. The van der Waals surface area contributed by atoms with Crippen molar-refractivity contribution in [2.45, 2.75) is 91.3 Å². The molecule has 0 saturated carbocycles. The second-order valence-corrected chi connectivity index (χ2v) is 8.55. The van der Waals surface area contributed by atoms with Gasteiger partial charge in [-0.25, -0.2) is 0 Å². The minimum atomic E-state index is -0.690. The predicted molar refractivity (Wildman–Crippen MR) is 116 cm³/mol. The maximum Gasteiger partial charge on any atom is 0.303 e. The first-order valence-electron chi connectivity index (χ1n) is 10.9. The Morgan fingerprint density at radius 1 is 1.23 bits per heavy atom. The highest BCUT2D eigenvalue weighted by atomic mass is 16.6. The largest absolute Gasteiger partial charge is 0.462 e. The van der Waals surface area contributed by atoms with E-state index in [1.54, 1.807) is 0 Å². The first-order chi connectivity index (χ1) is 14.0. The average Bonchev–Trinajstić information content (AvgIpc) is 2.79. The van der Waals surface area contributed by atoms with Crippen molar-refractivity contribution < 1.29 is 28.6 Å². The van der Waals surface area contributed by atoms with E-state index >= 15 is 0 Å². The van der Waals surface area contributed by atoms with E-state index in [2.05, 4.69) is 6.58 Å². The molecule has 1 aliphatic heterocycles. The van der Waals surface area contributed by atoms with Crippen LogP contribution in [0.3, 0.4) is 0 Å². The maximum absolute atomic E-state index is 12.3. The molecule has 0 aromatic rings. The van der Waals surface area contributed by atoms with Crippen LogP contribution in [0.5, 0.6) is 0 Å². The number of allylic oxidation sites excluding steroid dienone is 1. The highest BCUT2D eigenvalue weighted by molar-refractivity contribution is 5.80. The Morgan fingerprint density at radius 3 is 2.53 bits per heavy atom. The van der Waals surface area contributed by atoms with E-state index in [-0.39, 0.29) is 30.2 Å². The number of ether oxygens (including phenoxy) is 3. The lowest BCUT2D eigenvalue weighted by Gasteiger charge is -2.36. The molecule has 1 fully saturated rings. The van der Waals surface area contributed by atoms with Gasteiger partial charge in [0.05, 0.1) is 0 Å². The Labute approximate surface area is 181 Å². The molecule has 6 heteroatoms. The summed E-state index contributed by atoms with van der Waals surface area (Å²) in [6.45, 7) is 13.2. The van der Waals surface area contributed by atoms with Crippen LogP contribution in [0.2, 0.25) is 0 Å². The highest BCUT2D eigenvalue weighted by Crippen LogP contribution is 2.35. The van der Waals surface area contributed by atoms with Gasteiger partial charge >= 0.3 is 11.9 Å². The van der Waals surface area contributed by atoms with E-state index in [4.69, 9.17) is 14.2 Å². The van der Waals surface area contributed by atoms with Gasteiger partial charge in [0.15, 0.2) is 6.10 Å². The standard InChI is InChI=1S/C24H38O6/c1-17(2)11-12-22(27)18(3)9-7-14-24(6)23(30-20(5)26)21(10-8-15-29-24)13-16-28-19(4)25/h13,18,23H,1,7-12,14-16H2,2-6H3/t18?,23-,24?/m1/s1. The lowest BCUT2D eigenvalue weighted by molar-refractivity contribution is -0.163. The molecule has 30 heavy (non-hydrogen) atoms. The molecule has 0 aromatic carbocycles. The van der Waals surface area contributed by atoms with Gasteiger partial charge in [0.2, 0.25) is 0 Å². The number of rotatable bonds is 11. The topological polar surface area (TPSA) is 78.9 Å². The van der Waals surface area contributed by atoms with Crippen molar-refractivity contribution in [1.29, 1.82) is 0 Å². The number of esters is 2. The second kappa shape index (κ2) is 12.7. The van der Waals surface area contributed by atoms with Crippen LogP contribution in [-0.4, -0.2) is 42.6 Å². The molecule has 0 aliphatic carbocycles. The molecule has 0 radical (unpaired) electrons. The minimum absolute atomic E-state index is 0.0233. The van der Waals surface area contributed by atoms with Crippen LogP contribution in [0.15, 0.2) is 23.8 Å². The summed E-state index contributed by atoms with van der Waals surface area (Å²) in [6.07, 6.45) is 6.26. The minimum Gasteiger partial charge on any atom is -0.462 e. The van der Waals surface area contributed by atoms with E-state index in [1.807, 2.05) is 26.8 Å². The molecule has 170 valence electrons. The van der Waals surface area contributed by atoms with Crippen molar-refractivity contribution in [3.8, 4) is 0 Å². The molecule has 1 rings (SSSR count). The molecule has 6 nitrogen and oxygen atoms in total. The fraction of sp³-hybridized carbons (Fsp3) is 0.708. The number of carbonyl (C=O) groups excluding carboxylic acids is 3. The first-order valence-corrected chi connectivity index (χ1v) is 10.9. The zero-order chi connectivity index (χ0) is 22.7. The number of Topliss-reactive ketones (excluding diaryl/α,β-unsaturated/α-hetero) is 1. The van der Waals surface area contributed by atoms with Crippen LogP contribution in [0.25, 0.3) is 0 Å². The van der Waals surface area contributed by atoms with Crippen molar-refractivity contribution in [3.05, 3.63) is 23.8 Å². The Kier molecular flexibility index (Phi) is 11.0. The van der Waals surface area contributed by atoms with Crippen LogP contribution in [0, 0.1) is 5.92 Å². The third-order valence-corrected chi connectivity index (χ3v) is 5.51. The van der Waals surface area contributed by atoms with Gasteiger partial charge in [-0.3, -0.25) is 14.4 Å². The van der Waals surface area contributed by atoms with Crippen LogP contribution in [-0.2, 0) is 28.6 Å². The molecule has 1 aliphatic rings. The van der Waals surface area contributed by atoms with E-state index in [9.17, 15) is 14.4 Å². The molecule has 3 atom stereocenters. The van der Waals surface area contributed by atoms with E-state index in [0.29, 0.717) is 25.9 Å². The Bertz CT molecular complexity index is 650. The SMILES string of the molecule is C=C(C)CCC(=O)C(C)CCCC1(C)OCCCC(=CCOC(C)=O)[C@H]1OC(C)=O. The van der Waals surface area contributed by atoms with Crippen LogP contribution in [0.4, 0.5) is 0 Å². The van der Waals surface area contributed by atoms with Gasteiger partial charge in [-0.15, -0.1) is 6.58 Å². The molecule has 0 spiro atoms. The molecule has 2 unspecified atom stereocenters. The van der Waals surface area contributed by atoms with Gasteiger partial charge in [-0.2, -0.15) is 0 Å². The quantitative estimate of drug-likeness (QED) is 0.354. The molecular formula is C24H38O6. The molecule has 1 saturated heterocycles. The third kappa shape index (κ3) is 9.24. The molecule has 0 N–H and O–H groups in total. The van der Waals surface area contributed by atoms with E-state index in [0.717, 1.165) is 36.8 Å². The van der Waals surface area contributed by atoms with Crippen molar-refractivity contribution >= 4 is 17.7 Å². The van der Waals surface area contributed by atoms with Crippen LogP contribution < -0.4 is 0 Å².